The average molecular weight is 317 g/mol. The summed E-state index contributed by atoms with van der Waals surface area (Å²) in [6, 6.07) is 7.96. The molecule has 1 aliphatic rings. The summed E-state index contributed by atoms with van der Waals surface area (Å²) >= 11 is 1.60. The van der Waals surface area contributed by atoms with E-state index < -0.39 is 5.97 Å². The fourth-order valence-electron chi connectivity index (χ4n) is 3.13. The summed E-state index contributed by atoms with van der Waals surface area (Å²) in [4.78, 5) is 25.4. The molecule has 5 heteroatoms. The van der Waals surface area contributed by atoms with Gasteiger partial charge in [-0.2, -0.15) is 0 Å². The van der Waals surface area contributed by atoms with Gasteiger partial charge in [-0.25, -0.2) is 0 Å². The predicted molar refractivity (Wildman–Crippen MR) is 87.3 cm³/mol. The second kappa shape index (κ2) is 6.48. The predicted octanol–water partition coefficient (Wildman–Crippen LogP) is 3.62. The van der Waals surface area contributed by atoms with Gasteiger partial charge in [-0.1, -0.05) is 18.2 Å². The minimum absolute atomic E-state index is 0.0810. The van der Waals surface area contributed by atoms with Crippen LogP contribution in [0.15, 0.2) is 29.6 Å². The molecule has 0 saturated carbocycles. The van der Waals surface area contributed by atoms with Crippen LogP contribution in [0, 0.1) is 5.92 Å². The molecule has 0 bridgehead atoms. The van der Waals surface area contributed by atoms with E-state index in [0.29, 0.717) is 18.9 Å². The molecular formula is C17H19NO3S. The Bertz CT molecular complexity index is 694. The van der Waals surface area contributed by atoms with Gasteiger partial charge in [0.2, 0.25) is 0 Å². The Morgan fingerprint density at radius 3 is 2.95 bits per heavy atom. The lowest BCUT2D eigenvalue weighted by atomic mass is 9.93. The van der Waals surface area contributed by atoms with E-state index in [4.69, 9.17) is 5.11 Å². The summed E-state index contributed by atoms with van der Waals surface area (Å²) in [6.07, 6.45) is 2.82. The van der Waals surface area contributed by atoms with E-state index in [-0.39, 0.29) is 12.3 Å². The molecule has 1 N–H and O–H groups in total. The van der Waals surface area contributed by atoms with Crippen molar-refractivity contribution in [2.45, 2.75) is 25.7 Å². The van der Waals surface area contributed by atoms with Crippen LogP contribution in [0.3, 0.4) is 0 Å². The highest BCUT2D eigenvalue weighted by Crippen LogP contribution is 2.29. The van der Waals surface area contributed by atoms with Gasteiger partial charge in [-0.15, -0.1) is 11.3 Å². The zero-order valence-corrected chi connectivity index (χ0v) is 13.1. The molecule has 3 rings (SSSR count). The highest BCUT2D eigenvalue weighted by atomic mass is 32.1. The van der Waals surface area contributed by atoms with Gasteiger partial charge < -0.3 is 10.0 Å². The van der Waals surface area contributed by atoms with Crippen LogP contribution in [-0.2, 0) is 4.79 Å². The minimum atomic E-state index is -0.757. The first-order chi connectivity index (χ1) is 10.6. The number of carbonyl (C=O) groups excluding carboxylic acids is 1. The topological polar surface area (TPSA) is 57.6 Å². The van der Waals surface area contributed by atoms with E-state index in [1.54, 1.807) is 11.3 Å². The van der Waals surface area contributed by atoms with Crippen LogP contribution in [-0.4, -0.2) is 35.0 Å². The molecule has 1 atom stereocenters. The van der Waals surface area contributed by atoms with Gasteiger partial charge >= 0.3 is 5.97 Å². The summed E-state index contributed by atoms with van der Waals surface area (Å²) < 4.78 is 1.13. The van der Waals surface area contributed by atoms with Crippen molar-refractivity contribution in [3.8, 4) is 0 Å². The molecule has 0 unspecified atom stereocenters. The average Bonchev–Trinajstić information content (AvgIpc) is 2.96. The number of benzene rings is 1. The van der Waals surface area contributed by atoms with Crippen LogP contribution >= 0.6 is 11.3 Å². The summed E-state index contributed by atoms with van der Waals surface area (Å²) in [5.74, 6) is -0.372. The SMILES string of the molecule is O=C(O)CC[C@H]1CCCN(C(=O)c2csc3ccccc23)C1. The number of thiophene rings is 1. The number of likely N-dealkylation sites (tertiary alicyclic amines) is 1. The molecule has 0 radical (unpaired) electrons. The molecule has 0 aliphatic carbocycles. The highest BCUT2D eigenvalue weighted by molar-refractivity contribution is 7.17. The van der Waals surface area contributed by atoms with E-state index in [1.165, 1.54) is 0 Å². The van der Waals surface area contributed by atoms with Gasteiger partial charge in [0.05, 0.1) is 5.56 Å². The van der Waals surface area contributed by atoms with Gasteiger partial charge in [0.25, 0.3) is 5.91 Å². The molecule has 116 valence electrons. The van der Waals surface area contributed by atoms with Crippen LogP contribution in [0.4, 0.5) is 0 Å². The van der Waals surface area contributed by atoms with Gasteiger partial charge in [0.1, 0.15) is 0 Å². The summed E-state index contributed by atoms with van der Waals surface area (Å²) in [5, 5.41) is 11.8. The Morgan fingerprint density at radius 1 is 1.32 bits per heavy atom. The van der Waals surface area contributed by atoms with E-state index in [0.717, 1.165) is 35.0 Å². The first-order valence-electron chi connectivity index (χ1n) is 7.62. The number of carboxylic acids is 1. The van der Waals surface area contributed by atoms with Crippen LogP contribution in [0.1, 0.15) is 36.0 Å². The van der Waals surface area contributed by atoms with Crippen molar-refractivity contribution >= 4 is 33.3 Å². The summed E-state index contributed by atoms with van der Waals surface area (Å²) in [6.45, 7) is 1.45. The first-order valence-corrected chi connectivity index (χ1v) is 8.50. The van der Waals surface area contributed by atoms with Crippen LogP contribution in [0.5, 0.6) is 0 Å². The number of fused-ring (bicyclic) bond motifs is 1. The number of carbonyl (C=O) groups is 2. The van der Waals surface area contributed by atoms with Crippen LogP contribution in [0.2, 0.25) is 0 Å². The number of aliphatic carboxylic acids is 1. The zero-order chi connectivity index (χ0) is 15.5. The maximum atomic E-state index is 12.8. The monoisotopic (exact) mass is 317 g/mol. The van der Waals surface area contributed by atoms with Crippen molar-refractivity contribution < 1.29 is 14.7 Å². The second-order valence-corrected chi connectivity index (χ2v) is 6.75. The van der Waals surface area contributed by atoms with Crippen molar-refractivity contribution in [2.75, 3.05) is 13.1 Å². The van der Waals surface area contributed by atoms with Crippen LogP contribution < -0.4 is 0 Å². The summed E-state index contributed by atoms with van der Waals surface area (Å²) in [5.41, 5.74) is 0.777. The maximum Gasteiger partial charge on any atom is 0.303 e. The fourth-order valence-corrected chi connectivity index (χ4v) is 4.06. The highest BCUT2D eigenvalue weighted by Gasteiger charge is 2.26. The molecule has 1 aromatic heterocycles. The van der Waals surface area contributed by atoms with Crippen LogP contribution in [0.25, 0.3) is 10.1 Å². The molecule has 22 heavy (non-hydrogen) atoms. The van der Waals surface area contributed by atoms with Crippen molar-refractivity contribution in [2.24, 2.45) is 5.92 Å². The largest absolute Gasteiger partial charge is 0.481 e. The Kier molecular flexibility index (Phi) is 4.43. The normalized spacial score (nSPS) is 18.5. The fraction of sp³-hybridized carbons (Fsp3) is 0.412. The molecular weight excluding hydrogens is 298 g/mol. The van der Waals surface area contributed by atoms with Crippen molar-refractivity contribution in [1.29, 1.82) is 0 Å². The second-order valence-electron chi connectivity index (χ2n) is 5.84. The quantitative estimate of drug-likeness (QED) is 0.937. The number of rotatable bonds is 4. The molecule has 4 nitrogen and oxygen atoms in total. The third-order valence-electron chi connectivity index (χ3n) is 4.28. The lowest BCUT2D eigenvalue weighted by Gasteiger charge is -2.32. The molecule has 1 amide bonds. The van der Waals surface area contributed by atoms with Crippen molar-refractivity contribution in [3.05, 3.63) is 35.2 Å². The number of carboxylic acid groups (broad SMARTS) is 1. The van der Waals surface area contributed by atoms with E-state index in [9.17, 15) is 9.59 Å². The van der Waals surface area contributed by atoms with Gasteiger partial charge in [0.15, 0.2) is 0 Å². The molecule has 1 fully saturated rings. The smallest absolute Gasteiger partial charge is 0.303 e. The van der Waals surface area contributed by atoms with Crippen molar-refractivity contribution in [3.63, 3.8) is 0 Å². The van der Waals surface area contributed by atoms with Crippen molar-refractivity contribution in [1.82, 2.24) is 4.90 Å². The number of hydrogen-bond donors (Lipinski definition) is 1. The first kappa shape index (κ1) is 15.0. The lowest BCUT2D eigenvalue weighted by Crippen LogP contribution is -2.40. The molecule has 1 saturated heterocycles. The standard InChI is InChI=1S/C17H19NO3S/c19-16(20)8-7-12-4-3-9-18(10-12)17(21)14-11-22-15-6-2-1-5-13(14)15/h1-2,5-6,11-12H,3-4,7-10H2,(H,19,20)/t12-/m1/s1. The zero-order valence-electron chi connectivity index (χ0n) is 12.3. The molecule has 2 aromatic rings. The Hall–Kier alpha value is -1.88. The van der Waals surface area contributed by atoms with E-state index in [1.807, 2.05) is 34.5 Å². The Labute approximate surface area is 133 Å². The third-order valence-corrected chi connectivity index (χ3v) is 5.25. The number of amides is 1. The van der Waals surface area contributed by atoms with Gasteiger partial charge in [0, 0.05) is 35.0 Å². The number of nitrogens with zero attached hydrogens (tertiary/aromatic N) is 1. The maximum absolute atomic E-state index is 12.8. The molecule has 2 heterocycles. The number of piperidine rings is 1. The number of hydrogen-bond acceptors (Lipinski definition) is 3. The molecule has 1 aliphatic heterocycles. The van der Waals surface area contributed by atoms with E-state index in [2.05, 4.69) is 0 Å². The molecule has 1 aromatic carbocycles. The Morgan fingerprint density at radius 2 is 2.14 bits per heavy atom. The van der Waals surface area contributed by atoms with Gasteiger partial charge in [-0.05, 0) is 31.2 Å². The minimum Gasteiger partial charge on any atom is -0.481 e. The van der Waals surface area contributed by atoms with E-state index >= 15 is 0 Å². The molecule has 0 spiro atoms. The third kappa shape index (κ3) is 3.14. The van der Waals surface area contributed by atoms with Gasteiger partial charge in [-0.3, -0.25) is 9.59 Å². The Balaban J connectivity index is 1.73. The lowest BCUT2D eigenvalue weighted by molar-refractivity contribution is -0.137. The summed E-state index contributed by atoms with van der Waals surface area (Å²) in [7, 11) is 0.